The van der Waals surface area contributed by atoms with Gasteiger partial charge in [-0.25, -0.2) is 4.79 Å². The Hall–Kier alpha value is -2.40. The minimum atomic E-state index is -0.806. The van der Waals surface area contributed by atoms with E-state index >= 15 is 0 Å². The zero-order valence-corrected chi connectivity index (χ0v) is 17.2. The van der Waals surface area contributed by atoms with Crippen LogP contribution in [0.25, 0.3) is 0 Å². The molecule has 154 valence electrons. The van der Waals surface area contributed by atoms with Gasteiger partial charge in [0.15, 0.2) is 6.61 Å². The van der Waals surface area contributed by atoms with Gasteiger partial charge < -0.3 is 15.4 Å². The lowest BCUT2D eigenvalue weighted by Gasteiger charge is -2.55. The maximum atomic E-state index is 13.0. The molecule has 4 aliphatic rings. The molecule has 4 fully saturated rings. The van der Waals surface area contributed by atoms with Crippen LogP contribution in [0.5, 0.6) is 0 Å². The zero-order valence-electron chi connectivity index (χ0n) is 16.4. The standard InChI is InChI=1S/C21H25N3O4S/c1-12(19(26)28-11-17(25)24-18-16(10-22)2-3-29-18)23-20(27)21-7-13-4-14(8-21)6-15(5-13)9-21/h2-3,12-15H,4-9,11H2,1H3,(H,23,27)(H,24,25)/t12-,13?,14?,15?,21?/m0/s1. The lowest BCUT2D eigenvalue weighted by molar-refractivity contribution is -0.154. The van der Waals surface area contributed by atoms with Gasteiger partial charge in [-0.2, -0.15) is 5.26 Å². The Kier molecular flexibility index (Phi) is 5.34. The molecule has 0 saturated heterocycles. The molecule has 1 aromatic heterocycles. The molecule has 8 heteroatoms. The van der Waals surface area contributed by atoms with Crippen LogP contribution >= 0.6 is 11.3 Å². The number of anilines is 1. The van der Waals surface area contributed by atoms with Gasteiger partial charge in [0.2, 0.25) is 5.91 Å². The third kappa shape index (κ3) is 4.01. The van der Waals surface area contributed by atoms with E-state index in [1.165, 1.54) is 30.6 Å². The molecule has 4 bridgehead atoms. The number of esters is 1. The monoisotopic (exact) mass is 415 g/mol. The van der Waals surface area contributed by atoms with E-state index in [4.69, 9.17) is 10.00 Å². The molecule has 1 atom stereocenters. The first-order valence-corrected chi connectivity index (χ1v) is 11.0. The molecule has 4 saturated carbocycles. The number of rotatable bonds is 6. The predicted molar refractivity (Wildman–Crippen MR) is 107 cm³/mol. The lowest BCUT2D eigenvalue weighted by atomic mass is 9.49. The number of nitrogens with zero attached hydrogens (tertiary/aromatic N) is 1. The Balaban J connectivity index is 1.27. The van der Waals surface area contributed by atoms with Gasteiger partial charge in [-0.3, -0.25) is 9.59 Å². The molecule has 2 N–H and O–H groups in total. The average molecular weight is 416 g/mol. The van der Waals surface area contributed by atoms with Crippen molar-refractivity contribution in [1.82, 2.24) is 5.32 Å². The van der Waals surface area contributed by atoms with Crippen molar-refractivity contribution in [1.29, 1.82) is 5.26 Å². The molecule has 0 aliphatic heterocycles. The number of thiophene rings is 1. The van der Waals surface area contributed by atoms with E-state index < -0.39 is 24.5 Å². The van der Waals surface area contributed by atoms with Crippen LogP contribution in [0, 0.1) is 34.5 Å². The number of carbonyl (C=O) groups excluding carboxylic acids is 3. The smallest absolute Gasteiger partial charge is 0.328 e. The summed E-state index contributed by atoms with van der Waals surface area (Å²) >= 11 is 1.23. The molecule has 4 aliphatic carbocycles. The normalized spacial score (nSPS) is 30.3. The first-order chi connectivity index (χ1) is 13.9. The fourth-order valence-electron chi connectivity index (χ4n) is 5.72. The highest BCUT2D eigenvalue weighted by Crippen LogP contribution is 2.60. The van der Waals surface area contributed by atoms with E-state index in [9.17, 15) is 14.4 Å². The Bertz CT molecular complexity index is 836. The molecule has 0 aromatic carbocycles. The van der Waals surface area contributed by atoms with E-state index in [2.05, 4.69) is 10.6 Å². The molecule has 0 radical (unpaired) electrons. The molecule has 0 spiro atoms. The van der Waals surface area contributed by atoms with Gasteiger partial charge in [0.05, 0.1) is 5.56 Å². The number of amides is 2. The van der Waals surface area contributed by atoms with Gasteiger partial charge in [-0.1, -0.05) is 0 Å². The highest BCUT2D eigenvalue weighted by atomic mass is 32.1. The van der Waals surface area contributed by atoms with Crippen LogP contribution in [0.4, 0.5) is 5.00 Å². The van der Waals surface area contributed by atoms with Crippen molar-refractivity contribution >= 4 is 34.1 Å². The number of carbonyl (C=O) groups is 3. The van der Waals surface area contributed by atoms with Crippen LogP contribution in [-0.2, 0) is 19.1 Å². The van der Waals surface area contributed by atoms with Crippen molar-refractivity contribution in [3.8, 4) is 6.07 Å². The predicted octanol–water partition coefficient (Wildman–Crippen LogP) is 2.82. The topological polar surface area (TPSA) is 108 Å². The molecule has 5 rings (SSSR count). The maximum Gasteiger partial charge on any atom is 0.328 e. The summed E-state index contributed by atoms with van der Waals surface area (Å²) in [6, 6.07) is 2.78. The molecule has 1 heterocycles. The van der Waals surface area contributed by atoms with Crippen LogP contribution in [0.1, 0.15) is 51.0 Å². The van der Waals surface area contributed by atoms with E-state index in [0.717, 1.165) is 19.3 Å². The first kappa shape index (κ1) is 19.9. The van der Waals surface area contributed by atoms with Gasteiger partial charge >= 0.3 is 5.97 Å². The van der Waals surface area contributed by atoms with Crippen LogP contribution in [0.2, 0.25) is 0 Å². The van der Waals surface area contributed by atoms with Crippen molar-refractivity contribution in [2.45, 2.75) is 51.5 Å². The van der Waals surface area contributed by atoms with Crippen LogP contribution in [0.3, 0.4) is 0 Å². The fourth-order valence-corrected chi connectivity index (χ4v) is 6.47. The Morgan fingerprint density at radius 3 is 2.45 bits per heavy atom. The third-order valence-electron chi connectivity index (χ3n) is 6.61. The van der Waals surface area contributed by atoms with Gasteiger partial charge in [0, 0.05) is 5.41 Å². The maximum absolute atomic E-state index is 13.0. The Morgan fingerprint density at radius 2 is 1.86 bits per heavy atom. The van der Waals surface area contributed by atoms with E-state index in [1.54, 1.807) is 18.4 Å². The molecular weight excluding hydrogens is 390 g/mol. The summed E-state index contributed by atoms with van der Waals surface area (Å²) in [5.74, 6) is 0.750. The number of hydrogen-bond donors (Lipinski definition) is 2. The fraction of sp³-hybridized carbons (Fsp3) is 0.619. The summed E-state index contributed by atoms with van der Waals surface area (Å²) < 4.78 is 5.06. The highest BCUT2D eigenvalue weighted by molar-refractivity contribution is 7.14. The SMILES string of the molecule is C[C@H](NC(=O)C12CC3CC(CC(C3)C1)C2)C(=O)OCC(=O)Nc1sccc1C#N. The molecule has 29 heavy (non-hydrogen) atoms. The van der Waals surface area contributed by atoms with E-state index in [0.29, 0.717) is 28.3 Å². The van der Waals surface area contributed by atoms with Crippen molar-refractivity contribution in [3.05, 3.63) is 17.0 Å². The van der Waals surface area contributed by atoms with Gasteiger partial charge in [-0.05, 0) is 74.6 Å². The summed E-state index contributed by atoms with van der Waals surface area (Å²) in [6.07, 6.45) is 6.52. The van der Waals surface area contributed by atoms with Crippen LogP contribution in [0.15, 0.2) is 11.4 Å². The quantitative estimate of drug-likeness (QED) is 0.695. The van der Waals surface area contributed by atoms with Crippen molar-refractivity contribution in [2.24, 2.45) is 23.2 Å². The van der Waals surface area contributed by atoms with E-state index in [-0.39, 0.29) is 11.3 Å². The van der Waals surface area contributed by atoms with Gasteiger partial charge in [-0.15, -0.1) is 11.3 Å². The summed E-state index contributed by atoms with van der Waals surface area (Å²) in [6.45, 7) is 1.13. The van der Waals surface area contributed by atoms with Gasteiger partial charge in [0.1, 0.15) is 17.1 Å². The van der Waals surface area contributed by atoms with Gasteiger partial charge in [0.25, 0.3) is 5.91 Å². The summed E-state index contributed by atoms with van der Waals surface area (Å²) in [4.78, 5) is 37.3. The molecule has 7 nitrogen and oxygen atoms in total. The Morgan fingerprint density at radius 1 is 1.24 bits per heavy atom. The third-order valence-corrected chi connectivity index (χ3v) is 7.44. The second-order valence-corrected chi connectivity index (χ2v) is 9.74. The lowest BCUT2D eigenvalue weighted by Crippen LogP contribution is -2.56. The summed E-state index contributed by atoms with van der Waals surface area (Å²) in [5.41, 5.74) is 0.0407. The van der Waals surface area contributed by atoms with Crippen molar-refractivity contribution in [3.63, 3.8) is 0 Å². The largest absolute Gasteiger partial charge is 0.454 e. The molecular formula is C21H25N3O4S. The number of hydrogen-bond acceptors (Lipinski definition) is 6. The average Bonchev–Trinajstić information content (AvgIpc) is 3.12. The molecule has 1 aromatic rings. The van der Waals surface area contributed by atoms with Crippen LogP contribution in [-0.4, -0.2) is 30.4 Å². The zero-order chi connectivity index (χ0) is 20.6. The van der Waals surface area contributed by atoms with Crippen molar-refractivity contribution < 1.29 is 19.1 Å². The number of nitrogens with one attached hydrogen (secondary N) is 2. The second kappa shape index (κ2) is 7.79. The minimum Gasteiger partial charge on any atom is -0.454 e. The number of ether oxygens (including phenoxy) is 1. The minimum absolute atomic E-state index is 0.0391. The van der Waals surface area contributed by atoms with Crippen LogP contribution < -0.4 is 10.6 Å². The number of nitriles is 1. The second-order valence-electron chi connectivity index (χ2n) is 8.82. The van der Waals surface area contributed by atoms with E-state index in [1.807, 2.05) is 6.07 Å². The summed E-state index contributed by atoms with van der Waals surface area (Å²) in [5, 5.41) is 16.5. The Labute approximate surface area is 173 Å². The van der Waals surface area contributed by atoms with Crippen molar-refractivity contribution in [2.75, 3.05) is 11.9 Å². The highest BCUT2D eigenvalue weighted by Gasteiger charge is 2.54. The molecule has 2 amide bonds. The first-order valence-electron chi connectivity index (χ1n) is 10.1. The molecule has 0 unspecified atom stereocenters. The summed E-state index contributed by atoms with van der Waals surface area (Å²) in [7, 11) is 0.